The van der Waals surface area contributed by atoms with Crippen LogP contribution in [0.4, 0.5) is 0 Å². The molecule has 0 aromatic rings. The largest absolute Gasteiger partial charge is 0.481 e. The van der Waals surface area contributed by atoms with Gasteiger partial charge in [0, 0.05) is 11.3 Å². The molecule has 2 nitrogen and oxygen atoms in total. The number of carboxylic acids is 1. The quantitative estimate of drug-likeness (QED) is 0.700. The molecule has 0 aromatic carbocycles. The molecule has 0 atom stereocenters. The number of halogens is 1. The Labute approximate surface area is 87.3 Å². The second kappa shape index (κ2) is 4.91. The Balaban J connectivity index is 2.16. The van der Waals surface area contributed by atoms with Crippen LogP contribution in [0.25, 0.3) is 0 Å². The Bertz CT molecular complexity index is 212. The van der Waals surface area contributed by atoms with Crippen molar-refractivity contribution in [2.45, 2.75) is 19.3 Å². The average molecular weight is 221 g/mol. The van der Waals surface area contributed by atoms with Crippen LogP contribution in [0.1, 0.15) is 19.3 Å². The maximum atomic E-state index is 10.5. The second-order valence-corrected chi connectivity index (χ2v) is 4.73. The van der Waals surface area contributed by atoms with Gasteiger partial charge >= 0.3 is 5.97 Å². The predicted octanol–water partition coefficient (Wildman–Crippen LogP) is 2.73. The van der Waals surface area contributed by atoms with E-state index in [9.17, 15) is 4.79 Å². The summed E-state index contributed by atoms with van der Waals surface area (Å²) in [6, 6.07) is 0. The van der Waals surface area contributed by atoms with Crippen LogP contribution in [0.2, 0.25) is 0 Å². The maximum Gasteiger partial charge on any atom is 0.303 e. The molecule has 1 rings (SSSR count). The smallest absolute Gasteiger partial charge is 0.303 e. The zero-order chi connectivity index (χ0) is 9.73. The summed E-state index contributed by atoms with van der Waals surface area (Å²) >= 11 is 7.12. The van der Waals surface area contributed by atoms with Crippen molar-refractivity contribution in [3.05, 3.63) is 11.6 Å². The lowest BCUT2D eigenvalue weighted by Crippen LogP contribution is -2.11. The normalized spacial score (nSPS) is 19.2. The molecule has 0 bridgehead atoms. The minimum Gasteiger partial charge on any atom is -0.481 e. The molecule has 1 aliphatic rings. The van der Waals surface area contributed by atoms with Gasteiger partial charge < -0.3 is 5.11 Å². The van der Waals surface area contributed by atoms with Gasteiger partial charge in [0.25, 0.3) is 0 Å². The number of carboxylic acid groups (broad SMARTS) is 1. The Morgan fingerprint density at radius 1 is 1.62 bits per heavy atom. The number of rotatable bonds is 6. The lowest BCUT2D eigenvalue weighted by molar-refractivity contribution is -0.138. The molecule has 0 heterocycles. The molecule has 1 saturated carbocycles. The number of carbonyl (C=O) groups is 1. The summed E-state index contributed by atoms with van der Waals surface area (Å²) in [5.74, 6) is 1.15. The van der Waals surface area contributed by atoms with E-state index in [1.807, 2.05) is 6.08 Å². The predicted molar refractivity (Wildman–Crippen MR) is 56.2 cm³/mol. The number of hydrogen-bond donors (Lipinski definition) is 1. The van der Waals surface area contributed by atoms with Gasteiger partial charge in [0.1, 0.15) is 0 Å². The van der Waals surface area contributed by atoms with Crippen molar-refractivity contribution < 1.29 is 9.90 Å². The van der Waals surface area contributed by atoms with Crippen LogP contribution in [0.3, 0.4) is 0 Å². The zero-order valence-electron chi connectivity index (χ0n) is 7.33. The fourth-order valence-electron chi connectivity index (χ4n) is 1.25. The molecule has 74 valence electrons. The highest BCUT2D eigenvalue weighted by atomic mass is 35.5. The van der Waals surface area contributed by atoms with Gasteiger partial charge in [-0.2, -0.15) is 11.8 Å². The van der Waals surface area contributed by atoms with Crippen molar-refractivity contribution in [2.24, 2.45) is 5.41 Å². The molecule has 1 fully saturated rings. The highest BCUT2D eigenvalue weighted by Gasteiger charge is 2.43. The number of hydrogen-bond acceptors (Lipinski definition) is 2. The van der Waals surface area contributed by atoms with E-state index >= 15 is 0 Å². The van der Waals surface area contributed by atoms with Gasteiger partial charge in [-0.3, -0.25) is 4.79 Å². The summed E-state index contributed by atoms with van der Waals surface area (Å²) in [5.41, 5.74) is 1.61. The zero-order valence-corrected chi connectivity index (χ0v) is 8.90. The van der Waals surface area contributed by atoms with E-state index in [2.05, 4.69) is 0 Å². The minimum atomic E-state index is -0.675. The highest BCUT2D eigenvalue weighted by molar-refractivity contribution is 7.99. The summed E-state index contributed by atoms with van der Waals surface area (Å²) in [4.78, 5) is 10.5. The summed E-state index contributed by atoms with van der Waals surface area (Å²) in [6.07, 6.45) is 4.33. The fourth-order valence-corrected chi connectivity index (χ4v) is 2.62. The van der Waals surface area contributed by atoms with Gasteiger partial charge in [0.15, 0.2) is 0 Å². The highest BCUT2D eigenvalue weighted by Crippen LogP contribution is 2.50. The van der Waals surface area contributed by atoms with Crippen LogP contribution < -0.4 is 0 Å². The van der Waals surface area contributed by atoms with E-state index in [1.54, 1.807) is 11.8 Å². The SMILES string of the molecule is O=C(O)CC1(CSCC=CCl)CC1. The standard InChI is InChI=1S/C9H13ClO2S/c10-4-1-5-13-7-9(2-3-9)6-8(11)12/h1,4H,2-3,5-7H2,(H,11,12). The maximum absolute atomic E-state index is 10.5. The van der Waals surface area contributed by atoms with Crippen LogP contribution in [0.15, 0.2) is 11.6 Å². The van der Waals surface area contributed by atoms with Crippen molar-refractivity contribution in [1.29, 1.82) is 0 Å². The van der Waals surface area contributed by atoms with Crippen LogP contribution in [-0.4, -0.2) is 22.6 Å². The summed E-state index contributed by atoms with van der Waals surface area (Å²) in [5, 5.41) is 8.65. The van der Waals surface area contributed by atoms with Gasteiger partial charge in [-0.25, -0.2) is 0 Å². The molecular formula is C9H13ClO2S. The third-order valence-electron chi connectivity index (χ3n) is 2.19. The summed E-state index contributed by atoms with van der Waals surface area (Å²) < 4.78 is 0. The summed E-state index contributed by atoms with van der Waals surface area (Å²) in [6.45, 7) is 0. The topological polar surface area (TPSA) is 37.3 Å². The molecule has 0 saturated heterocycles. The third-order valence-corrected chi connectivity index (χ3v) is 3.62. The average Bonchev–Trinajstić information content (AvgIpc) is 2.78. The van der Waals surface area contributed by atoms with Crippen molar-refractivity contribution in [1.82, 2.24) is 0 Å². The van der Waals surface area contributed by atoms with Crippen LogP contribution in [0.5, 0.6) is 0 Å². The van der Waals surface area contributed by atoms with E-state index < -0.39 is 5.97 Å². The van der Waals surface area contributed by atoms with E-state index in [0.29, 0.717) is 6.42 Å². The third kappa shape index (κ3) is 4.05. The molecule has 4 heteroatoms. The van der Waals surface area contributed by atoms with E-state index in [-0.39, 0.29) is 5.41 Å². The molecule has 0 radical (unpaired) electrons. The van der Waals surface area contributed by atoms with Gasteiger partial charge in [0.2, 0.25) is 0 Å². The van der Waals surface area contributed by atoms with Crippen molar-refractivity contribution in [3.8, 4) is 0 Å². The molecule has 1 aliphatic carbocycles. The Kier molecular flexibility index (Phi) is 4.13. The molecule has 0 spiro atoms. The lowest BCUT2D eigenvalue weighted by Gasteiger charge is -2.10. The molecular weight excluding hydrogens is 208 g/mol. The van der Waals surface area contributed by atoms with Crippen LogP contribution in [-0.2, 0) is 4.79 Å². The van der Waals surface area contributed by atoms with Crippen LogP contribution in [0, 0.1) is 5.41 Å². The van der Waals surface area contributed by atoms with Gasteiger partial charge in [-0.1, -0.05) is 17.7 Å². The van der Waals surface area contributed by atoms with E-state index in [4.69, 9.17) is 16.7 Å². The summed E-state index contributed by atoms with van der Waals surface area (Å²) in [7, 11) is 0. The molecule has 0 aromatic heterocycles. The first-order chi connectivity index (χ1) is 6.18. The van der Waals surface area contributed by atoms with Gasteiger partial charge in [0.05, 0.1) is 6.42 Å². The van der Waals surface area contributed by atoms with E-state index in [1.165, 1.54) is 5.54 Å². The van der Waals surface area contributed by atoms with Gasteiger partial charge in [-0.15, -0.1) is 0 Å². The van der Waals surface area contributed by atoms with Crippen molar-refractivity contribution in [2.75, 3.05) is 11.5 Å². The first-order valence-electron chi connectivity index (χ1n) is 4.23. The van der Waals surface area contributed by atoms with Crippen molar-refractivity contribution in [3.63, 3.8) is 0 Å². The molecule has 1 N–H and O–H groups in total. The molecule has 0 amide bonds. The Hall–Kier alpha value is -0.150. The first kappa shape index (κ1) is 10.9. The number of thioether (sulfide) groups is 1. The second-order valence-electron chi connectivity index (χ2n) is 3.45. The molecule has 13 heavy (non-hydrogen) atoms. The Morgan fingerprint density at radius 3 is 2.77 bits per heavy atom. The molecule has 0 aliphatic heterocycles. The molecule has 0 unspecified atom stereocenters. The number of aliphatic carboxylic acids is 1. The van der Waals surface area contributed by atoms with Gasteiger partial charge in [-0.05, 0) is 24.0 Å². The van der Waals surface area contributed by atoms with Crippen molar-refractivity contribution >= 4 is 29.3 Å². The first-order valence-corrected chi connectivity index (χ1v) is 5.82. The monoisotopic (exact) mass is 220 g/mol. The lowest BCUT2D eigenvalue weighted by atomic mass is 10.1. The minimum absolute atomic E-state index is 0.108. The van der Waals surface area contributed by atoms with E-state index in [0.717, 1.165) is 24.3 Å². The van der Waals surface area contributed by atoms with Crippen LogP contribution >= 0.6 is 23.4 Å². The fraction of sp³-hybridized carbons (Fsp3) is 0.667. The Morgan fingerprint density at radius 2 is 2.31 bits per heavy atom.